The van der Waals surface area contributed by atoms with Gasteiger partial charge in [0.2, 0.25) is 0 Å². The lowest BCUT2D eigenvalue weighted by molar-refractivity contribution is -0.143. The Kier molecular flexibility index (Phi) is 6.89. The summed E-state index contributed by atoms with van der Waals surface area (Å²) in [6, 6.07) is 7.91. The molecule has 0 aliphatic heterocycles. The highest BCUT2D eigenvalue weighted by Gasteiger charge is 2.13. The molecule has 0 unspecified atom stereocenters. The first-order chi connectivity index (χ1) is 13.6. The minimum atomic E-state index is -0.273. The normalized spacial score (nSPS) is 10.6. The molecule has 0 saturated carbocycles. The predicted octanol–water partition coefficient (Wildman–Crippen LogP) is 4.14. The van der Waals surface area contributed by atoms with Crippen LogP contribution in [0.25, 0.3) is 21.1 Å². The van der Waals surface area contributed by atoms with Gasteiger partial charge in [0, 0.05) is 21.9 Å². The highest BCUT2D eigenvalue weighted by molar-refractivity contribution is 7.13. The fourth-order valence-electron chi connectivity index (χ4n) is 2.55. The number of carbonyl (C=O) groups excluding carboxylic acids is 2. The van der Waals surface area contributed by atoms with Crippen LogP contribution < -0.4 is 0 Å². The molecule has 0 atom stereocenters. The molecule has 0 amide bonds. The van der Waals surface area contributed by atoms with Gasteiger partial charge < -0.3 is 9.47 Å². The van der Waals surface area contributed by atoms with Crippen LogP contribution in [0.5, 0.6) is 0 Å². The Hall–Kier alpha value is -2.58. The molecule has 2 heterocycles. The summed E-state index contributed by atoms with van der Waals surface area (Å²) in [6.45, 7) is 4.30. The van der Waals surface area contributed by atoms with E-state index in [2.05, 4.69) is 9.97 Å². The van der Waals surface area contributed by atoms with E-state index < -0.39 is 0 Å². The van der Waals surface area contributed by atoms with E-state index in [-0.39, 0.29) is 24.8 Å². The van der Waals surface area contributed by atoms with E-state index in [1.165, 1.54) is 22.7 Å². The number of rotatable bonds is 8. The molecule has 6 nitrogen and oxygen atoms in total. The largest absolute Gasteiger partial charge is 0.466 e. The summed E-state index contributed by atoms with van der Waals surface area (Å²) in [4.78, 5) is 32.3. The van der Waals surface area contributed by atoms with Crippen LogP contribution in [0.3, 0.4) is 0 Å². The van der Waals surface area contributed by atoms with Crippen molar-refractivity contribution in [1.82, 2.24) is 9.97 Å². The lowest BCUT2D eigenvalue weighted by Crippen LogP contribution is -2.07. The average Bonchev–Trinajstić information content (AvgIpc) is 3.32. The van der Waals surface area contributed by atoms with Crippen molar-refractivity contribution in [1.29, 1.82) is 0 Å². The zero-order chi connectivity index (χ0) is 19.9. The van der Waals surface area contributed by atoms with Crippen molar-refractivity contribution in [3.8, 4) is 21.1 Å². The van der Waals surface area contributed by atoms with Crippen LogP contribution in [-0.2, 0) is 31.9 Å². The molecule has 3 rings (SSSR count). The summed E-state index contributed by atoms with van der Waals surface area (Å²) in [5.41, 5.74) is 3.32. The van der Waals surface area contributed by atoms with Gasteiger partial charge in [-0.25, -0.2) is 9.97 Å². The Morgan fingerprint density at radius 3 is 1.75 bits per heavy atom. The monoisotopic (exact) mass is 416 g/mol. The first kappa shape index (κ1) is 20.2. The van der Waals surface area contributed by atoms with E-state index in [0.29, 0.717) is 24.6 Å². The Morgan fingerprint density at radius 1 is 0.857 bits per heavy atom. The van der Waals surface area contributed by atoms with E-state index in [1.807, 2.05) is 35.0 Å². The molecule has 146 valence electrons. The van der Waals surface area contributed by atoms with Crippen LogP contribution in [-0.4, -0.2) is 35.1 Å². The van der Waals surface area contributed by atoms with Crippen LogP contribution >= 0.6 is 22.7 Å². The molecule has 0 aliphatic carbocycles. The van der Waals surface area contributed by atoms with Gasteiger partial charge in [-0.1, -0.05) is 18.2 Å². The minimum Gasteiger partial charge on any atom is -0.466 e. The summed E-state index contributed by atoms with van der Waals surface area (Å²) in [5, 5.41) is 5.42. The van der Waals surface area contributed by atoms with Gasteiger partial charge in [-0.2, -0.15) is 0 Å². The maximum atomic E-state index is 11.6. The first-order valence-electron chi connectivity index (χ1n) is 8.90. The van der Waals surface area contributed by atoms with Crippen LogP contribution in [0.15, 0.2) is 35.0 Å². The zero-order valence-electron chi connectivity index (χ0n) is 15.6. The van der Waals surface area contributed by atoms with Gasteiger partial charge in [-0.15, -0.1) is 22.7 Å². The van der Waals surface area contributed by atoms with Gasteiger partial charge in [0.1, 0.15) is 10.0 Å². The smallest absolute Gasteiger partial charge is 0.311 e. The number of ether oxygens (including phenoxy) is 2. The van der Waals surface area contributed by atoms with Crippen molar-refractivity contribution in [3.63, 3.8) is 0 Å². The van der Waals surface area contributed by atoms with Gasteiger partial charge >= 0.3 is 11.9 Å². The van der Waals surface area contributed by atoms with Crippen LogP contribution in [0.4, 0.5) is 0 Å². The number of thiazole rings is 2. The first-order valence-corrected chi connectivity index (χ1v) is 10.7. The molecule has 0 fully saturated rings. The molecule has 2 aromatic heterocycles. The SMILES string of the molecule is CCOC(=O)Cc1csc(-c2cccc(-c3nc(CC(=O)OCC)cs3)c2)n1. The van der Waals surface area contributed by atoms with Gasteiger partial charge in [-0.05, 0) is 19.9 Å². The summed E-state index contributed by atoms with van der Waals surface area (Å²) < 4.78 is 9.94. The molecule has 28 heavy (non-hydrogen) atoms. The lowest BCUT2D eigenvalue weighted by atomic mass is 10.1. The predicted molar refractivity (Wildman–Crippen MR) is 109 cm³/mol. The number of hydrogen-bond donors (Lipinski definition) is 0. The molecular formula is C20H20N2O4S2. The Balaban J connectivity index is 1.74. The van der Waals surface area contributed by atoms with Gasteiger partial charge in [0.15, 0.2) is 0 Å². The molecule has 0 aliphatic rings. The molecule has 0 N–H and O–H groups in total. The van der Waals surface area contributed by atoms with Crippen molar-refractivity contribution in [2.24, 2.45) is 0 Å². The third kappa shape index (κ3) is 5.24. The topological polar surface area (TPSA) is 78.4 Å². The zero-order valence-corrected chi connectivity index (χ0v) is 17.3. The summed E-state index contributed by atoms with van der Waals surface area (Å²) >= 11 is 2.98. The summed E-state index contributed by atoms with van der Waals surface area (Å²) in [7, 11) is 0. The highest BCUT2D eigenvalue weighted by atomic mass is 32.1. The van der Waals surface area contributed by atoms with Crippen molar-refractivity contribution in [2.75, 3.05) is 13.2 Å². The van der Waals surface area contributed by atoms with Gasteiger partial charge in [0.05, 0.1) is 37.4 Å². The molecule has 8 heteroatoms. The van der Waals surface area contributed by atoms with Crippen molar-refractivity contribution < 1.29 is 19.1 Å². The van der Waals surface area contributed by atoms with Crippen LogP contribution in [0.2, 0.25) is 0 Å². The van der Waals surface area contributed by atoms with Crippen molar-refractivity contribution in [3.05, 3.63) is 46.4 Å². The molecular weight excluding hydrogens is 396 g/mol. The molecule has 3 aromatic rings. The second-order valence-electron chi connectivity index (χ2n) is 5.83. The van der Waals surface area contributed by atoms with E-state index in [9.17, 15) is 9.59 Å². The fraction of sp³-hybridized carbons (Fsp3) is 0.300. The third-order valence-corrected chi connectivity index (χ3v) is 5.60. The maximum absolute atomic E-state index is 11.6. The second kappa shape index (κ2) is 9.57. The maximum Gasteiger partial charge on any atom is 0.311 e. The fourth-order valence-corrected chi connectivity index (χ4v) is 4.18. The highest BCUT2D eigenvalue weighted by Crippen LogP contribution is 2.30. The number of nitrogens with zero attached hydrogens (tertiary/aromatic N) is 2. The quantitative estimate of drug-likeness (QED) is 0.514. The van der Waals surface area contributed by atoms with E-state index >= 15 is 0 Å². The Labute approximate surface area is 171 Å². The van der Waals surface area contributed by atoms with Gasteiger partial charge in [0.25, 0.3) is 0 Å². The second-order valence-corrected chi connectivity index (χ2v) is 7.55. The summed E-state index contributed by atoms with van der Waals surface area (Å²) in [5.74, 6) is -0.546. The molecule has 0 spiro atoms. The standard InChI is InChI=1S/C20H20N2O4S2/c1-3-25-17(23)9-15-11-27-19(21-15)13-6-5-7-14(8-13)20-22-16(12-28-20)10-18(24)26-4-2/h5-8,11-12H,3-4,9-10H2,1-2H3. The molecule has 0 radical (unpaired) electrons. The number of hydrogen-bond acceptors (Lipinski definition) is 8. The van der Waals surface area contributed by atoms with Crippen molar-refractivity contribution in [2.45, 2.75) is 26.7 Å². The van der Waals surface area contributed by atoms with E-state index in [1.54, 1.807) is 13.8 Å². The Bertz CT molecular complexity index is 891. The number of carbonyl (C=O) groups is 2. The third-order valence-electron chi connectivity index (χ3n) is 3.72. The minimum absolute atomic E-state index is 0.174. The van der Waals surface area contributed by atoms with E-state index in [0.717, 1.165) is 21.1 Å². The van der Waals surface area contributed by atoms with Crippen LogP contribution in [0.1, 0.15) is 25.2 Å². The van der Waals surface area contributed by atoms with E-state index in [4.69, 9.17) is 9.47 Å². The number of benzene rings is 1. The molecule has 0 bridgehead atoms. The molecule has 1 aromatic carbocycles. The summed E-state index contributed by atoms with van der Waals surface area (Å²) in [6.07, 6.45) is 0.349. The average molecular weight is 417 g/mol. The van der Waals surface area contributed by atoms with Gasteiger partial charge in [-0.3, -0.25) is 9.59 Å². The Morgan fingerprint density at radius 2 is 1.32 bits per heavy atom. The van der Waals surface area contributed by atoms with Crippen molar-refractivity contribution >= 4 is 34.6 Å². The number of aromatic nitrogens is 2. The molecule has 0 saturated heterocycles. The lowest BCUT2D eigenvalue weighted by Gasteiger charge is -2.01. The van der Waals surface area contributed by atoms with Crippen LogP contribution in [0, 0.1) is 0 Å². The number of esters is 2.